The van der Waals surface area contributed by atoms with E-state index in [1.165, 1.54) is 7.11 Å². The summed E-state index contributed by atoms with van der Waals surface area (Å²) in [6, 6.07) is 3.39. The number of nitrogens with one attached hydrogen (secondary N) is 1. The minimum Gasteiger partial charge on any atom is -0.464 e. The van der Waals surface area contributed by atoms with Crippen LogP contribution in [0.3, 0.4) is 0 Å². The van der Waals surface area contributed by atoms with Gasteiger partial charge in [-0.25, -0.2) is 9.78 Å². The molecule has 0 unspecified atom stereocenters. The van der Waals surface area contributed by atoms with Crippen molar-refractivity contribution in [3.8, 4) is 0 Å². The van der Waals surface area contributed by atoms with E-state index in [-0.39, 0.29) is 17.8 Å². The van der Waals surface area contributed by atoms with Crippen molar-refractivity contribution in [2.24, 2.45) is 0 Å². The number of carbonyl (C=O) groups is 1. The molecule has 1 aromatic heterocycles. The number of rotatable bonds is 4. The van der Waals surface area contributed by atoms with E-state index < -0.39 is 5.97 Å². The summed E-state index contributed by atoms with van der Waals surface area (Å²) < 4.78 is 4.58. The molecule has 0 aromatic carbocycles. The zero-order valence-corrected chi connectivity index (χ0v) is 9.06. The Morgan fingerprint density at radius 1 is 1.69 bits per heavy atom. The van der Waals surface area contributed by atoms with Crippen LogP contribution in [0.1, 0.15) is 23.3 Å². The van der Waals surface area contributed by atoms with Gasteiger partial charge in [0, 0.05) is 11.9 Å². The van der Waals surface area contributed by atoms with Crippen molar-refractivity contribution in [2.45, 2.75) is 18.4 Å². The zero-order valence-electron chi connectivity index (χ0n) is 9.06. The van der Waals surface area contributed by atoms with Gasteiger partial charge in [-0.1, -0.05) is 0 Å². The van der Waals surface area contributed by atoms with Gasteiger partial charge in [0.2, 0.25) is 0 Å². The number of ether oxygens (including phenoxy) is 1. The summed E-state index contributed by atoms with van der Waals surface area (Å²) >= 11 is 0. The van der Waals surface area contributed by atoms with Crippen LogP contribution < -0.4 is 5.32 Å². The van der Waals surface area contributed by atoms with Gasteiger partial charge in [-0.2, -0.15) is 0 Å². The maximum atomic E-state index is 11.3. The Morgan fingerprint density at radius 3 is 3.00 bits per heavy atom. The van der Waals surface area contributed by atoms with E-state index >= 15 is 0 Å². The van der Waals surface area contributed by atoms with Gasteiger partial charge in [0.25, 0.3) is 0 Å². The second-order valence-electron chi connectivity index (χ2n) is 3.98. The average molecular weight is 222 g/mol. The summed E-state index contributed by atoms with van der Waals surface area (Å²) in [7, 11) is 1.32. The average Bonchev–Trinajstić information content (AvgIpc) is 3.09. The third kappa shape index (κ3) is 2.14. The minimum atomic E-state index is -0.461. The van der Waals surface area contributed by atoms with E-state index in [2.05, 4.69) is 15.0 Å². The minimum absolute atomic E-state index is 0.100. The maximum Gasteiger partial charge on any atom is 0.356 e. The highest BCUT2D eigenvalue weighted by Gasteiger charge is 2.42. The van der Waals surface area contributed by atoms with Gasteiger partial charge in [0.15, 0.2) is 0 Å². The van der Waals surface area contributed by atoms with E-state index in [9.17, 15) is 9.90 Å². The Kier molecular flexibility index (Phi) is 2.78. The molecule has 16 heavy (non-hydrogen) atoms. The van der Waals surface area contributed by atoms with Crippen LogP contribution in [0.25, 0.3) is 0 Å². The van der Waals surface area contributed by atoms with E-state index in [1.807, 2.05) is 0 Å². The first-order chi connectivity index (χ1) is 7.69. The summed E-state index contributed by atoms with van der Waals surface area (Å²) in [6.07, 6.45) is 3.43. The quantitative estimate of drug-likeness (QED) is 0.737. The van der Waals surface area contributed by atoms with Gasteiger partial charge in [-0.15, -0.1) is 0 Å². The number of esters is 1. The standard InChI is InChI=1S/C11H14N2O3/c1-16-10(15)9-6-8(2-5-12-9)13-11(7-14)3-4-11/h2,5-6,14H,3-4,7H2,1H3,(H,12,13). The van der Waals surface area contributed by atoms with E-state index in [0.717, 1.165) is 18.5 Å². The number of methoxy groups -OCH3 is 1. The van der Waals surface area contributed by atoms with Crippen molar-refractivity contribution < 1.29 is 14.6 Å². The van der Waals surface area contributed by atoms with Crippen molar-refractivity contribution in [2.75, 3.05) is 19.0 Å². The number of anilines is 1. The smallest absolute Gasteiger partial charge is 0.356 e. The van der Waals surface area contributed by atoms with Crippen molar-refractivity contribution in [3.05, 3.63) is 24.0 Å². The number of pyridine rings is 1. The molecule has 0 spiro atoms. The van der Waals surface area contributed by atoms with Crippen LogP contribution in [0.5, 0.6) is 0 Å². The highest BCUT2D eigenvalue weighted by atomic mass is 16.5. The van der Waals surface area contributed by atoms with Crippen LogP contribution in [-0.2, 0) is 4.74 Å². The predicted molar refractivity (Wildman–Crippen MR) is 58.3 cm³/mol. The first-order valence-electron chi connectivity index (χ1n) is 5.12. The van der Waals surface area contributed by atoms with E-state index in [1.54, 1.807) is 18.3 Å². The number of aromatic nitrogens is 1. The number of aliphatic hydroxyl groups is 1. The molecule has 1 aliphatic rings. The maximum absolute atomic E-state index is 11.3. The molecule has 0 bridgehead atoms. The van der Waals surface area contributed by atoms with Crippen LogP contribution in [0.2, 0.25) is 0 Å². The second kappa shape index (κ2) is 4.09. The third-order valence-electron chi connectivity index (χ3n) is 2.72. The fraction of sp³-hybridized carbons (Fsp3) is 0.455. The van der Waals surface area contributed by atoms with Gasteiger partial charge in [-0.3, -0.25) is 0 Å². The molecular formula is C11H14N2O3. The van der Waals surface area contributed by atoms with Crippen LogP contribution >= 0.6 is 0 Å². The molecule has 1 saturated carbocycles. The fourth-order valence-electron chi connectivity index (χ4n) is 1.50. The van der Waals surface area contributed by atoms with Gasteiger partial charge < -0.3 is 15.2 Å². The lowest BCUT2D eigenvalue weighted by molar-refractivity contribution is 0.0594. The van der Waals surface area contributed by atoms with Gasteiger partial charge in [0.05, 0.1) is 19.3 Å². The summed E-state index contributed by atoms with van der Waals surface area (Å²) in [5.74, 6) is -0.461. The lowest BCUT2D eigenvalue weighted by Gasteiger charge is -2.15. The Balaban J connectivity index is 2.13. The molecule has 0 saturated heterocycles. The highest BCUT2D eigenvalue weighted by Crippen LogP contribution is 2.38. The summed E-state index contributed by atoms with van der Waals surface area (Å²) in [5, 5.41) is 12.4. The Morgan fingerprint density at radius 2 is 2.44 bits per heavy atom. The number of aliphatic hydroxyl groups excluding tert-OH is 1. The molecular weight excluding hydrogens is 208 g/mol. The Labute approximate surface area is 93.5 Å². The first-order valence-corrected chi connectivity index (χ1v) is 5.12. The molecule has 2 rings (SSSR count). The largest absolute Gasteiger partial charge is 0.464 e. The van der Waals surface area contributed by atoms with Crippen LogP contribution in [0, 0.1) is 0 Å². The number of nitrogens with zero attached hydrogens (tertiary/aromatic N) is 1. The van der Waals surface area contributed by atoms with Crippen molar-refractivity contribution in [1.29, 1.82) is 0 Å². The van der Waals surface area contributed by atoms with Crippen molar-refractivity contribution >= 4 is 11.7 Å². The monoisotopic (exact) mass is 222 g/mol. The summed E-state index contributed by atoms with van der Waals surface area (Å²) in [4.78, 5) is 15.2. The topological polar surface area (TPSA) is 71.5 Å². The first kappa shape index (κ1) is 10.9. The Hall–Kier alpha value is -1.62. The zero-order chi connectivity index (χ0) is 11.6. The molecule has 0 atom stereocenters. The number of carbonyl (C=O) groups excluding carboxylic acids is 1. The SMILES string of the molecule is COC(=O)c1cc(NC2(CO)CC2)ccn1. The van der Waals surface area contributed by atoms with Gasteiger partial charge >= 0.3 is 5.97 Å². The molecule has 5 nitrogen and oxygen atoms in total. The lowest BCUT2D eigenvalue weighted by Crippen LogP contribution is -2.25. The molecule has 1 aliphatic carbocycles. The van der Waals surface area contributed by atoms with Crippen LogP contribution in [0.15, 0.2) is 18.3 Å². The fourth-order valence-corrected chi connectivity index (χ4v) is 1.50. The molecule has 1 heterocycles. The van der Waals surface area contributed by atoms with E-state index in [0.29, 0.717) is 0 Å². The lowest BCUT2D eigenvalue weighted by atomic mass is 10.2. The van der Waals surface area contributed by atoms with Crippen LogP contribution in [-0.4, -0.2) is 35.3 Å². The van der Waals surface area contributed by atoms with Gasteiger partial charge in [-0.05, 0) is 25.0 Å². The summed E-state index contributed by atoms with van der Waals surface area (Å²) in [5.41, 5.74) is 0.845. The molecule has 0 amide bonds. The normalized spacial score (nSPS) is 16.6. The molecule has 2 N–H and O–H groups in total. The number of hydrogen-bond donors (Lipinski definition) is 2. The third-order valence-corrected chi connectivity index (χ3v) is 2.72. The molecule has 5 heteroatoms. The van der Waals surface area contributed by atoms with Crippen molar-refractivity contribution in [1.82, 2.24) is 4.98 Å². The van der Waals surface area contributed by atoms with Crippen LogP contribution in [0.4, 0.5) is 5.69 Å². The van der Waals surface area contributed by atoms with Gasteiger partial charge in [0.1, 0.15) is 5.69 Å². The second-order valence-corrected chi connectivity index (χ2v) is 3.98. The molecule has 0 aliphatic heterocycles. The predicted octanol–water partition coefficient (Wildman–Crippen LogP) is 0.805. The Bertz CT molecular complexity index is 402. The molecule has 1 aromatic rings. The van der Waals surface area contributed by atoms with E-state index in [4.69, 9.17) is 0 Å². The summed E-state index contributed by atoms with van der Waals surface area (Å²) in [6.45, 7) is 0.100. The molecule has 1 fully saturated rings. The molecule has 86 valence electrons. The van der Waals surface area contributed by atoms with Crippen molar-refractivity contribution in [3.63, 3.8) is 0 Å². The number of hydrogen-bond acceptors (Lipinski definition) is 5. The molecule has 0 radical (unpaired) electrons. The highest BCUT2D eigenvalue weighted by molar-refractivity contribution is 5.88.